The quantitative estimate of drug-likeness (QED) is 0.218. The summed E-state index contributed by atoms with van der Waals surface area (Å²) in [7, 11) is 0. The number of thioether (sulfide) groups is 1. The van der Waals surface area contributed by atoms with Crippen LogP contribution >= 0.6 is 24.0 Å². The van der Waals surface area contributed by atoms with Crippen molar-refractivity contribution in [1.82, 2.24) is 4.90 Å². The third-order valence-electron chi connectivity index (χ3n) is 5.00. The number of amides is 1. The van der Waals surface area contributed by atoms with E-state index < -0.39 is 0 Å². The van der Waals surface area contributed by atoms with E-state index in [9.17, 15) is 4.79 Å². The zero-order chi connectivity index (χ0) is 21.2. The van der Waals surface area contributed by atoms with Gasteiger partial charge < -0.3 is 4.74 Å². The number of thiocarbonyl (C=S) groups is 1. The monoisotopic (exact) mass is 439 g/mol. The van der Waals surface area contributed by atoms with Crippen LogP contribution < -0.4 is 4.74 Å². The molecular weight excluding hydrogens is 410 g/mol. The smallest absolute Gasteiger partial charge is 0.266 e. The zero-order valence-corrected chi connectivity index (χ0v) is 19.1. The number of hydrogen-bond acceptors (Lipinski definition) is 4. The van der Waals surface area contributed by atoms with E-state index in [1.54, 1.807) is 4.90 Å². The Morgan fingerprint density at radius 1 is 0.967 bits per heavy atom. The average molecular weight is 440 g/mol. The molecule has 0 atom stereocenters. The molecule has 1 amide bonds. The average Bonchev–Trinajstić information content (AvgIpc) is 3.02. The fraction of sp³-hybridized carbons (Fsp3) is 0.360. The SMILES string of the molecule is CCCCCCCCOc1ccc(/C=C2/SC(=S)N(Cc3ccccc3)C2=O)cc1. The molecule has 0 aliphatic carbocycles. The molecule has 1 aliphatic heterocycles. The van der Waals surface area contributed by atoms with Crippen LogP contribution in [0.4, 0.5) is 0 Å². The molecule has 0 spiro atoms. The number of unbranched alkanes of at least 4 members (excludes halogenated alkanes) is 5. The summed E-state index contributed by atoms with van der Waals surface area (Å²) >= 11 is 6.79. The summed E-state index contributed by atoms with van der Waals surface area (Å²) < 4.78 is 6.44. The van der Waals surface area contributed by atoms with Crippen molar-refractivity contribution in [2.24, 2.45) is 0 Å². The Balaban J connectivity index is 1.50. The van der Waals surface area contributed by atoms with Crippen molar-refractivity contribution in [3.63, 3.8) is 0 Å². The van der Waals surface area contributed by atoms with Crippen LogP contribution in [-0.2, 0) is 11.3 Å². The van der Waals surface area contributed by atoms with Crippen LogP contribution in [0, 0.1) is 0 Å². The van der Waals surface area contributed by atoms with Gasteiger partial charge in [-0.1, -0.05) is 105 Å². The Hall–Kier alpha value is -2.11. The van der Waals surface area contributed by atoms with E-state index in [-0.39, 0.29) is 5.91 Å². The maximum absolute atomic E-state index is 12.8. The van der Waals surface area contributed by atoms with Crippen molar-refractivity contribution < 1.29 is 9.53 Å². The largest absolute Gasteiger partial charge is 0.494 e. The minimum absolute atomic E-state index is 0.0303. The third-order valence-corrected chi connectivity index (χ3v) is 6.38. The van der Waals surface area contributed by atoms with Gasteiger partial charge in [0.05, 0.1) is 18.1 Å². The van der Waals surface area contributed by atoms with E-state index in [0.717, 1.165) is 29.9 Å². The molecule has 1 saturated heterocycles. The maximum Gasteiger partial charge on any atom is 0.266 e. The van der Waals surface area contributed by atoms with Crippen LogP contribution in [0.3, 0.4) is 0 Å². The summed E-state index contributed by atoms with van der Waals surface area (Å²) in [4.78, 5) is 15.1. The molecule has 0 N–H and O–H groups in total. The second-order valence-corrected chi connectivity index (χ2v) is 9.11. The van der Waals surface area contributed by atoms with Gasteiger partial charge in [0.15, 0.2) is 0 Å². The number of carbonyl (C=O) groups is 1. The molecule has 2 aromatic rings. The molecule has 0 radical (unpaired) electrons. The first-order chi connectivity index (χ1) is 14.7. The molecule has 0 saturated carbocycles. The molecule has 2 aromatic carbocycles. The first-order valence-electron chi connectivity index (χ1n) is 10.7. The van der Waals surface area contributed by atoms with Gasteiger partial charge in [0.1, 0.15) is 10.1 Å². The van der Waals surface area contributed by atoms with Gasteiger partial charge in [0.25, 0.3) is 5.91 Å². The number of ether oxygens (including phenoxy) is 1. The summed E-state index contributed by atoms with van der Waals surface area (Å²) in [5.74, 6) is 0.842. The van der Waals surface area contributed by atoms with Gasteiger partial charge in [-0.3, -0.25) is 9.69 Å². The number of rotatable bonds is 11. The molecule has 3 rings (SSSR count). The lowest BCUT2D eigenvalue weighted by atomic mass is 10.1. The highest BCUT2D eigenvalue weighted by molar-refractivity contribution is 8.26. The molecule has 1 fully saturated rings. The summed E-state index contributed by atoms with van der Waals surface area (Å²) in [5, 5.41) is 0. The van der Waals surface area contributed by atoms with E-state index in [1.165, 1.54) is 43.9 Å². The summed E-state index contributed by atoms with van der Waals surface area (Å²) in [6.45, 7) is 3.50. The zero-order valence-electron chi connectivity index (χ0n) is 17.5. The van der Waals surface area contributed by atoms with Crippen molar-refractivity contribution in [1.29, 1.82) is 0 Å². The lowest BCUT2D eigenvalue weighted by Gasteiger charge is -2.14. The van der Waals surface area contributed by atoms with Crippen molar-refractivity contribution in [2.75, 3.05) is 6.61 Å². The lowest BCUT2D eigenvalue weighted by Crippen LogP contribution is -2.27. The number of hydrogen-bond donors (Lipinski definition) is 0. The molecule has 158 valence electrons. The minimum atomic E-state index is -0.0303. The Kier molecular flexibility index (Phi) is 8.97. The second-order valence-electron chi connectivity index (χ2n) is 7.44. The highest BCUT2D eigenvalue weighted by Crippen LogP contribution is 2.33. The van der Waals surface area contributed by atoms with Crippen LogP contribution in [0.25, 0.3) is 6.08 Å². The van der Waals surface area contributed by atoms with Crippen LogP contribution in [0.5, 0.6) is 5.75 Å². The molecule has 0 unspecified atom stereocenters. The van der Waals surface area contributed by atoms with Gasteiger partial charge in [0.2, 0.25) is 0 Å². The fourth-order valence-electron chi connectivity index (χ4n) is 3.29. The molecular formula is C25H29NO2S2. The van der Waals surface area contributed by atoms with Gasteiger partial charge in [-0.05, 0) is 35.8 Å². The van der Waals surface area contributed by atoms with Crippen molar-refractivity contribution in [3.8, 4) is 5.75 Å². The van der Waals surface area contributed by atoms with Crippen molar-refractivity contribution >= 4 is 40.3 Å². The normalized spacial score (nSPS) is 15.2. The highest BCUT2D eigenvalue weighted by Gasteiger charge is 2.31. The molecule has 5 heteroatoms. The standard InChI is InChI=1S/C25H29NO2S2/c1-2-3-4-5-6-10-17-28-22-15-13-20(14-16-22)18-23-24(27)26(25(29)30-23)19-21-11-8-7-9-12-21/h7-9,11-16,18H,2-6,10,17,19H2,1H3/b23-18+. The molecule has 3 nitrogen and oxygen atoms in total. The molecule has 30 heavy (non-hydrogen) atoms. The Bertz CT molecular complexity index is 862. The van der Waals surface area contributed by atoms with E-state index in [4.69, 9.17) is 17.0 Å². The van der Waals surface area contributed by atoms with Gasteiger partial charge in [0, 0.05) is 0 Å². The Labute approximate surface area is 189 Å². The number of benzene rings is 2. The van der Waals surface area contributed by atoms with Gasteiger partial charge in [-0.25, -0.2) is 0 Å². The van der Waals surface area contributed by atoms with E-state index >= 15 is 0 Å². The van der Waals surface area contributed by atoms with Crippen LogP contribution in [0.15, 0.2) is 59.5 Å². The third kappa shape index (κ3) is 6.71. The molecule has 0 aromatic heterocycles. The summed E-state index contributed by atoms with van der Waals surface area (Å²) in [5.41, 5.74) is 2.05. The predicted molar refractivity (Wildman–Crippen MR) is 130 cm³/mol. The fourth-order valence-corrected chi connectivity index (χ4v) is 4.54. The van der Waals surface area contributed by atoms with Crippen LogP contribution in [-0.4, -0.2) is 21.7 Å². The topological polar surface area (TPSA) is 29.5 Å². The highest BCUT2D eigenvalue weighted by atomic mass is 32.2. The van der Waals surface area contributed by atoms with Gasteiger partial charge >= 0.3 is 0 Å². The van der Waals surface area contributed by atoms with Gasteiger partial charge in [-0.15, -0.1) is 0 Å². The lowest BCUT2D eigenvalue weighted by molar-refractivity contribution is -0.122. The van der Waals surface area contributed by atoms with Gasteiger partial charge in [-0.2, -0.15) is 0 Å². The van der Waals surface area contributed by atoms with Crippen LogP contribution in [0.2, 0.25) is 0 Å². The molecule has 1 aliphatic rings. The second kappa shape index (κ2) is 11.9. The molecule has 1 heterocycles. The first-order valence-corrected chi connectivity index (χ1v) is 11.9. The Morgan fingerprint density at radius 2 is 1.67 bits per heavy atom. The van der Waals surface area contributed by atoms with E-state index in [0.29, 0.717) is 15.8 Å². The Morgan fingerprint density at radius 3 is 2.40 bits per heavy atom. The summed E-state index contributed by atoms with van der Waals surface area (Å²) in [6.07, 6.45) is 9.44. The number of carbonyl (C=O) groups excluding carboxylic acids is 1. The van der Waals surface area contributed by atoms with Crippen molar-refractivity contribution in [2.45, 2.75) is 52.0 Å². The first kappa shape index (κ1) is 22.6. The van der Waals surface area contributed by atoms with E-state index in [1.807, 2.05) is 60.7 Å². The summed E-state index contributed by atoms with van der Waals surface area (Å²) in [6, 6.07) is 17.8. The van der Waals surface area contributed by atoms with Crippen LogP contribution in [0.1, 0.15) is 56.6 Å². The van der Waals surface area contributed by atoms with E-state index in [2.05, 4.69) is 6.92 Å². The van der Waals surface area contributed by atoms with Crippen molar-refractivity contribution in [3.05, 3.63) is 70.6 Å². The predicted octanol–water partition coefficient (Wildman–Crippen LogP) is 6.83. The minimum Gasteiger partial charge on any atom is -0.494 e. The maximum atomic E-state index is 12.8. The molecule has 0 bridgehead atoms. The number of nitrogens with zero attached hydrogens (tertiary/aromatic N) is 1.